The number of hydrogen-bond donors (Lipinski definition) is 0. The van der Waals surface area contributed by atoms with Crippen molar-refractivity contribution in [3.63, 3.8) is 0 Å². The van der Waals surface area contributed by atoms with Crippen molar-refractivity contribution in [2.45, 2.75) is 0 Å². The molecule has 3 rings (SSSR count). The van der Waals surface area contributed by atoms with Crippen LogP contribution in [-0.4, -0.2) is 58.3 Å². The Morgan fingerprint density at radius 2 is 1.61 bits per heavy atom. The predicted octanol–water partition coefficient (Wildman–Crippen LogP) is 3.07. The summed E-state index contributed by atoms with van der Waals surface area (Å²) >= 11 is 0. The largest absolute Gasteiger partial charge is 0.497 e. The van der Waals surface area contributed by atoms with Crippen LogP contribution < -0.4 is 19.1 Å². The molecule has 0 saturated carbocycles. The molecule has 0 unspecified atom stereocenters. The van der Waals surface area contributed by atoms with Gasteiger partial charge in [-0.3, -0.25) is 4.79 Å². The van der Waals surface area contributed by atoms with Gasteiger partial charge in [0.2, 0.25) is 5.91 Å². The van der Waals surface area contributed by atoms with Crippen LogP contribution in [0.2, 0.25) is 0 Å². The molecular formula is C22H26N2O4. The van der Waals surface area contributed by atoms with Gasteiger partial charge in [-0.25, -0.2) is 0 Å². The van der Waals surface area contributed by atoms with Gasteiger partial charge in [0.15, 0.2) is 0 Å². The maximum absolute atomic E-state index is 12.6. The van der Waals surface area contributed by atoms with E-state index in [1.807, 2.05) is 35.2 Å². The molecule has 2 aromatic carbocycles. The average molecular weight is 382 g/mol. The fourth-order valence-electron chi connectivity index (χ4n) is 3.21. The lowest BCUT2D eigenvalue weighted by Gasteiger charge is -2.35. The van der Waals surface area contributed by atoms with Crippen molar-refractivity contribution in [2.24, 2.45) is 0 Å². The van der Waals surface area contributed by atoms with Crippen LogP contribution in [-0.2, 0) is 4.79 Å². The molecule has 28 heavy (non-hydrogen) atoms. The maximum Gasteiger partial charge on any atom is 0.246 e. The molecule has 0 aromatic heterocycles. The Morgan fingerprint density at radius 1 is 0.893 bits per heavy atom. The lowest BCUT2D eigenvalue weighted by Crippen LogP contribution is -2.48. The number of carbonyl (C=O) groups is 1. The number of rotatable bonds is 6. The minimum absolute atomic E-state index is 0.00293. The van der Waals surface area contributed by atoms with E-state index >= 15 is 0 Å². The van der Waals surface area contributed by atoms with E-state index in [0.717, 1.165) is 30.1 Å². The van der Waals surface area contributed by atoms with Gasteiger partial charge in [0.05, 0.1) is 21.3 Å². The molecule has 1 amide bonds. The first-order valence-corrected chi connectivity index (χ1v) is 9.22. The van der Waals surface area contributed by atoms with E-state index in [1.54, 1.807) is 39.5 Å². The van der Waals surface area contributed by atoms with E-state index in [0.29, 0.717) is 24.6 Å². The highest BCUT2D eigenvalue weighted by atomic mass is 16.5. The minimum atomic E-state index is 0.00293. The fourth-order valence-corrected chi connectivity index (χ4v) is 3.21. The van der Waals surface area contributed by atoms with Crippen molar-refractivity contribution in [1.29, 1.82) is 0 Å². The highest BCUT2D eigenvalue weighted by Gasteiger charge is 2.20. The summed E-state index contributed by atoms with van der Waals surface area (Å²) in [6.07, 6.45) is 3.39. The van der Waals surface area contributed by atoms with Crippen molar-refractivity contribution in [3.05, 3.63) is 54.1 Å². The fraction of sp³-hybridized carbons (Fsp3) is 0.318. The van der Waals surface area contributed by atoms with Crippen molar-refractivity contribution in [3.8, 4) is 17.2 Å². The van der Waals surface area contributed by atoms with Gasteiger partial charge in [-0.1, -0.05) is 6.07 Å². The van der Waals surface area contributed by atoms with Crippen molar-refractivity contribution >= 4 is 17.7 Å². The third-order valence-electron chi connectivity index (χ3n) is 4.86. The first kappa shape index (κ1) is 19.6. The molecule has 2 aromatic rings. The third-order valence-corrected chi connectivity index (χ3v) is 4.86. The van der Waals surface area contributed by atoms with Gasteiger partial charge in [0, 0.05) is 55.6 Å². The van der Waals surface area contributed by atoms with E-state index in [2.05, 4.69) is 11.0 Å². The molecule has 0 atom stereocenters. The average Bonchev–Trinajstić information content (AvgIpc) is 2.77. The summed E-state index contributed by atoms with van der Waals surface area (Å²) in [4.78, 5) is 16.7. The Bertz CT molecular complexity index is 842. The molecule has 1 heterocycles. The Hall–Kier alpha value is -3.15. The number of anilines is 1. The Kier molecular flexibility index (Phi) is 6.42. The summed E-state index contributed by atoms with van der Waals surface area (Å²) in [6.45, 7) is 2.94. The molecule has 1 saturated heterocycles. The lowest BCUT2D eigenvalue weighted by molar-refractivity contribution is -0.126. The molecule has 148 valence electrons. The molecular weight excluding hydrogens is 356 g/mol. The predicted molar refractivity (Wildman–Crippen MR) is 110 cm³/mol. The summed E-state index contributed by atoms with van der Waals surface area (Å²) in [5.41, 5.74) is 1.96. The van der Waals surface area contributed by atoms with Gasteiger partial charge < -0.3 is 24.0 Å². The Morgan fingerprint density at radius 3 is 2.29 bits per heavy atom. The second-order valence-corrected chi connectivity index (χ2v) is 6.46. The number of carbonyl (C=O) groups excluding carboxylic acids is 1. The molecule has 0 bridgehead atoms. The van der Waals surface area contributed by atoms with Crippen LogP contribution in [0.25, 0.3) is 6.08 Å². The number of amides is 1. The van der Waals surface area contributed by atoms with Crippen LogP contribution in [0.5, 0.6) is 17.2 Å². The summed E-state index contributed by atoms with van der Waals surface area (Å²) in [5.74, 6) is 2.23. The second-order valence-electron chi connectivity index (χ2n) is 6.46. The smallest absolute Gasteiger partial charge is 0.246 e. The van der Waals surface area contributed by atoms with Crippen LogP contribution in [0.15, 0.2) is 48.5 Å². The standard InChI is InChI=1S/C22H26N2O4/c1-26-19-6-4-5-18(15-19)23-11-13-24(14-12-23)22(25)10-8-17-7-9-20(27-2)16-21(17)28-3/h4-10,15-16H,11-14H2,1-3H3. The zero-order chi connectivity index (χ0) is 19.9. The topological polar surface area (TPSA) is 51.2 Å². The molecule has 6 heteroatoms. The van der Waals surface area contributed by atoms with Crippen LogP contribution in [0, 0.1) is 0 Å². The Balaban J connectivity index is 1.60. The number of hydrogen-bond acceptors (Lipinski definition) is 5. The first-order valence-electron chi connectivity index (χ1n) is 9.22. The number of piperazine rings is 1. The number of methoxy groups -OCH3 is 3. The van der Waals surface area contributed by atoms with Gasteiger partial charge in [-0.15, -0.1) is 0 Å². The van der Waals surface area contributed by atoms with Crippen LogP contribution in [0.4, 0.5) is 5.69 Å². The quantitative estimate of drug-likeness (QED) is 0.719. The summed E-state index contributed by atoms with van der Waals surface area (Å²) in [5, 5.41) is 0. The highest BCUT2D eigenvalue weighted by molar-refractivity contribution is 5.92. The first-order chi connectivity index (χ1) is 13.6. The monoisotopic (exact) mass is 382 g/mol. The number of nitrogens with zero attached hydrogens (tertiary/aromatic N) is 2. The highest BCUT2D eigenvalue weighted by Crippen LogP contribution is 2.26. The van der Waals surface area contributed by atoms with Gasteiger partial charge in [-0.05, 0) is 30.3 Å². The van der Waals surface area contributed by atoms with Crippen LogP contribution in [0.3, 0.4) is 0 Å². The molecule has 1 aliphatic rings. The zero-order valence-corrected chi connectivity index (χ0v) is 16.6. The Labute approximate surface area is 165 Å². The molecule has 1 fully saturated rings. The second kappa shape index (κ2) is 9.17. The molecule has 0 radical (unpaired) electrons. The number of benzene rings is 2. The van der Waals surface area contributed by atoms with E-state index in [1.165, 1.54) is 0 Å². The van der Waals surface area contributed by atoms with Gasteiger partial charge >= 0.3 is 0 Å². The SMILES string of the molecule is COc1cccc(N2CCN(C(=O)C=Cc3ccc(OC)cc3OC)CC2)c1. The lowest BCUT2D eigenvalue weighted by atomic mass is 10.1. The molecule has 0 aliphatic carbocycles. The molecule has 1 aliphatic heterocycles. The summed E-state index contributed by atoms with van der Waals surface area (Å²) in [7, 11) is 4.88. The number of ether oxygens (including phenoxy) is 3. The van der Waals surface area contributed by atoms with E-state index in [9.17, 15) is 4.79 Å². The van der Waals surface area contributed by atoms with Gasteiger partial charge in [0.1, 0.15) is 17.2 Å². The zero-order valence-electron chi connectivity index (χ0n) is 16.6. The van der Waals surface area contributed by atoms with Gasteiger partial charge in [0.25, 0.3) is 0 Å². The summed E-state index contributed by atoms with van der Waals surface area (Å²) < 4.78 is 15.9. The van der Waals surface area contributed by atoms with Crippen molar-refractivity contribution in [1.82, 2.24) is 4.90 Å². The third kappa shape index (κ3) is 4.57. The van der Waals surface area contributed by atoms with Crippen molar-refractivity contribution < 1.29 is 19.0 Å². The summed E-state index contributed by atoms with van der Waals surface area (Å²) in [6, 6.07) is 13.5. The molecule has 6 nitrogen and oxygen atoms in total. The van der Waals surface area contributed by atoms with E-state index in [4.69, 9.17) is 14.2 Å². The van der Waals surface area contributed by atoms with Gasteiger partial charge in [-0.2, -0.15) is 0 Å². The van der Waals surface area contributed by atoms with E-state index < -0.39 is 0 Å². The molecule has 0 N–H and O–H groups in total. The normalized spacial score (nSPS) is 14.2. The minimum Gasteiger partial charge on any atom is -0.497 e. The van der Waals surface area contributed by atoms with Crippen LogP contribution in [0.1, 0.15) is 5.56 Å². The van der Waals surface area contributed by atoms with Crippen molar-refractivity contribution in [2.75, 3.05) is 52.4 Å². The maximum atomic E-state index is 12.6. The van der Waals surface area contributed by atoms with E-state index in [-0.39, 0.29) is 5.91 Å². The van der Waals surface area contributed by atoms with Crippen LogP contribution >= 0.6 is 0 Å². The molecule has 0 spiro atoms.